The number of carbonyl (C=O) groups is 1. The summed E-state index contributed by atoms with van der Waals surface area (Å²) < 4.78 is 7.24. The number of nitrogens with one attached hydrogen (secondary N) is 1. The van der Waals surface area contributed by atoms with E-state index in [0.29, 0.717) is 13.1 Å². The van der Waals surface area contributed by atoms with Gasteiger partial charge in [-0.25, -0.2) is 0 Å². The Morgan fingerprint density at radius 3 is 2.92 bits per heavy atom. The molecule has 0 saturated carbocycles. The van der Waals surface area contributed by atoms with Crippen LogP contribution in [0.25, 0.3) is 0 Å². The molecule has 26 heavy (non-hydrogen) atoms. The molecule has 1 saturated heterocycles. The molecule has 0 bridgehead atoms. The number of hydrogen-bond donors (Lipinski definition) is 1. The molecule has 0 spiro atoms. The summed E-state index contributed by atoms with van der Waals surface area (Å²) in [6, 6.07) is 6.12. The summed E-state index contributed by atoms with van der Waals surface area (Å²) in [5.41, 5.74) is 2.19. The molecule has 0 aliphatic carbocycles. The molecule has 1 N–H and O–H groups in total. The van der Waals surface area contributed by atoms with Gasteiger partial charge in [0.15, 0.2) is 0 Å². The number of carbonyl (C=O) groups excluding carboxylic acids is 1. The van der Waals surface area contributed by atoms with Gasteiger partial charge in [0.1, 0.15) is 5.75 Å². The van der Waals surface area contributed by atoms with Crippen LogP contribution in [-0.4, -0.2) is 54.1 Å². The first-order chi connectivity index (χ1) is 12.5. The van der Waals surface area contributed by atoms with Crippen LogP contribution >= 0.6 is 11.8 Å². The van der Waals surface area contributed by atoms with Gasteiger partial charge in [0.05, 0.1) is 19.2 Å². The zero-order chi connectivity index (χ0) is 18.7. The number of methoxy groups -OCH3 is 1. The van der Waals surface area contributed by atoms with Gasteiger partial charge in [0, 0.05) is 50.7 Å². The zero-order valence-electron chi connectivity index (χ0n) is 15.7. The molecule has 2 atom stereocenters. The lowest BCUT2D eigenvalue weighted by atomic mass is 9.90. The fourth-order valence-corrected chi connectivity index (χ4v) is 4.08. The molecule has 7 heteroatoms. The molecule has 2 heterocycles. The van der Waals surface area contributed by atoms with Gasteiger partial charge in [-0.05, 0) is 29.5 Å². The van der Waals surface area contributed by atoms with Crippen LogP contribution in [0.4, 0.5) is 0 Å². The van der Waals surface area contributed by atoms with E-state index in [1.807, 2.05) is 49.8 Å². The van der Waals surface area contributed by atoms with E-state index >= 15 is 0 Å². The molecule has 2 aromatic rings. The summed E-state index contributed by atoms with van der Waals surface area (Å²) in [7, 11) is 5.45. The number of amides is 1. The highest BCUT2D eigenvalue weighted by molar-refractivity contribution is 7.98. The van der Waals surface area contributed by atoms with Gasteiger partial charge in [-0.2, -0.15) is 5.10 Å². The predicted octanol–water partition coefficient (Wildman–Crippen LogP) is 2.11. The van der Waals surface area contributed by atoms with Crippen molar-refractivity contribution in [1.82, 2.24) is 20.0 Å². The Labute approximate surface area is 158 Å². The van der Waals surface area contributed by atoms with Crippen molar-refractivity contribution in [2.24, 2.45) is 13.0 Å². The standard InChI is InChI=1S/C19H26N4O2S/c1-22(11-13-5-6-18(26-4)17(7-13)25-3)19(24)16-10-20-9-15(16)14-8-21-23(2)12-14/h5-8,12,15-16,20H,9-11H2,1-4H3/t15-,16+/m1/s1. The van der Waals surface area contributed by atoms with E-state index in [1.54, 1.807) is 23.6 Å². The number of rotatable bonds is 6. The minimum atomic E-state index is -0.0587. The van der Waals surface area contributed by atoms with E-state index in [9.17, 15) is 4.79 Å². The van der Waals surface area contributed by atoms with E-state index in [0.717, 1.165) is 28.3 Å². The molecule has 0 unspecified atom stereocenters. The molecule has 1 aromatic heterocycles. The Hall–Kier alpha value is -1.99. The van der Waals surface area contributed by atoms with Gasteiger partial charge in [-0.15, -0.1) is 11.8 Å². The maximum Gasteiger partial charge on any atom is 0.227 e. The molecule has 1 aliphatic heterocycles. The van der Waals surface area contributed by atoms with Crippen LogP contribution in [-0.2, 0) is 18.4 Å². The van der Waals surface area contributed by atoms with E-state index < -0.39 is 0 Å². The Morgan fingerprint density at radius 2 is 2.27 bits per heavy atom. The number of hydrogen-bond acceptors (Lipinski definition) is 5. The molecule has 1 amide bonds. The topological polar surface area (TPSA) is 59.4 Å². The van der Waals surface area contributed by atoms with E-state index in [2.05, 4.69) is 16.5 Å². The molecular weight excluding hydrogens is 348 g/mol. The predicted molar refractivity (Wildman–Crippen MR) is 104 cm³/mol. The van der Waals surface area contributed by atoms with Crippen LogP contribution in [0.1, 0.15) is 17.0 Å². The maximum atomic E-state index is 13.0. The third kappa shape index (κ3) is 3.88. The summed E-state index contributed by atoms with van der Waals surface area (Å²) in [5, 5.41) is 7.61. The largest absolute Gasteiger partial charge is 0.496 e. The highest BCUT2D eigenvalue weighted by atomic mass is 32.2. The third-order valence-corrected chi connectivity index (χ3v) is 5.71. The monoisotopic (exact) mass is 374 g/mol. The molecule has 1 fully saturated rings. The van der Waals surface area contributed by atoms with Gasteiger partial charge in [-0.3, -0.25) is 9.48 Å². The van der Waals surface area contributed by atoms with Gasteiger partial charge in [0.25, 0.3) is 0 Å². The number of aromatic nitrogens is 2. The third-order valence-electron chi connectivity index (χ3n) is 4.93. The smallest absolute Gasteiger partial charge is 0.227 e. The van der Waals surface area contributed by atoms with Gasteiger partial charge in [0.2, 0.25) is 5.91 Å². The summed E-state index contributed by atoms with van der Waals surface area (Å²) >= 11 is 1.65. The van der Waals surface area contributed by atoms with Crippen LogP contribution in [0.2, 0.25) is 0 Å². The molecular formula is C19H26N4O2S. The number of benzene rings is 1. The first-order valence-corrected chi connectivity index (χ1v) is 9.91. The number of ether oxygens (including phenoxy) is 1. The lowest BCUT2D eigenvalue weighted by Gasteiger charge is -2.24. The first kappa shape index (κ1) is 18.8. The normalized spacial score (nSPS) is 19.5. The van der Waals surface area contributed by atoms with Crippen LogP contribution in [0.3, 0.4) is 0 Å². The van der Waals surface area contributed by atoms with Gasteiger partial charge < -0.3 is 15.0 Å². The minimum absolute atomic E-state index is 0.0587. The highest BCUT2D eigenvalue weighted by Gasteiger charge is 2.36. The van der Waals surface area contributed by atoms with Crippen molar-refractivity contribution in [2.45, 2.75) is 17.4 Å². The second-order valence-corrected chi connectivity index (χ2v) is 7.55. The summed E-state index contributed by atoms with van der Waals surface area (Å²) in [6.45, 7) is 2.09. The van der Waals surface area contributed by atoms with Crippen LogP contribution in [0, 0.1) is 5.92 Å². The molecule has 6 nitrogen and oxygen atoms in total. The second-order valence-electron chi connectivity index (χ2n) is 6.70. The SMILES string of the molecule is COc1cc(CN(C)C(=O)[C@H]2CNC[C@@H]2c2cnn(C)c2)ccc1SC. The van der Waals surface area contributed by atoms with Gasteiger partial charge in [-0.1, -0.05) is 6.07 Å². The Bertz CT molecular complexity index is 777. The quantitative estimate of drug-likeness (QED) is 0.785. The Morgan fingerprint density at radius 1 is 1.46 bits per heavy atom. The van der Waals surface area contributed by atoms with Crippen molar-refractivity contribution in [3.8, 4) is 5.75 Å². The number of nitrogens with zero attached hydrogens (tertiary/aromatic N) is 3. The number of aryl methyl sites for hydroxylation is 1. The summed E-state index contributed by atoms with van der Waals surface area (Å²) in [6.07, 6.45) is 5.90. The van der Waals surface area contributed by atoms with Crippen molar-refractivity contribution >= 4 is 17.7 Å². The fourth-order valence-electron chi connectivity index (χ4n) is 3.53. The molecule has 0 radical (unpaired) electrons. The van der Waals surface area contributed by atoms with Gasteiger partial charge >= 0.3 is 0 Å². The van der Waals surface area contributed by atoms with Crippen molar-refractivity contribution in [3.05, 3.63) is 41.7 Å². The van der Waals surface area contributed by atoms with E-state index in [4.69, 9.17) is 4.74 Å². The van der Waals surface area contributed by atoms with Crippen molar-refractivity contribution in [1.29, 1.82) is 0 Å². The van der Waals surface area contributed by atoms with Crippen molar-refractivity contribution in [2.75, 3.05) is 33.5 Å². The highest BCUT2D eigenvalue weighted by Crippen LogP contribution is 2.31. The lowest BCUT2D eigenvalue weighted by molar-refractivity contribution is -0.134. The Balaban J connectivity index is 1.71. The zero-order valence-corrected chi connectivity index (χ0v) is 16.5. The van der Waals surface area contributed by atoms with Crippen molar-refractivity contribution < 1.29 is 9.53 Å². The molecule has 140 valence electrons. The lowest BCUT2D eigenvalue weighted by Crippen LogP contribution is -2.35. The average Bonchev–Trinajstić information content (AvgIpc) is 3.29. The van der Waals surface area contributed by atoms with Crippen molar-refractivity contribution in [3.63, 3.8) is 0 Å². The average molecular weight is 375 g/mol. The van der Waals surface area contributed by atoms with Crippen LogP contribution < -0.4 is 10.1 Å². The molecule has 1 aromatic carbocycles. The Kier molecular flexibility index (Phi) is 5.88. The fraction of sp³-hybridized carbons (Fsp3) is 0.474. The maximum absolute atomic E-state index is 13.0. The minimum Gasteiger partial charge on any atom is -0.496 e. The second kappa shape index (κ2) is 8.14. The molecule has 1 aliphatic rings. The summed E-state index contributed by atoms with van der Waals surface area (Å²) in [4.78, 5) is 16.0. The van der Waals surface area contributed by atoms with E-state index in [-0.39, 0.29) is 17.7 Å². The summed E-state index contributed by atoms with van der Waals surface area (Å²) in [5.74, 6) is 1.13. The van der Waals surface area contributed by atoms with E-state index in [1.165, 1.54) is 0 Å². The molecule has 3 rings (SSSR count). The first-order valence-electron chi connectivity index (χ1n) is 8.68. The van der Waals surface area contributed by atoms with Crippen LogP contribution in [0.5, 0.6) is 5.75 Å². The number of thioether (sulfide) groups is 1. The van der Waals surface area contributed by atoms with Crippen LogP contribution in [0.15, 0.2) is 35.5 Å².